The Labute approximate surface area is 97.9 Å². The average molecular weight is 258 g/mol. The number of rotatable bonds is 2. The molecular weight excluding hydrogens is 253 g/mol. The van der Waals surface area contributed by atoms with Crippen LogP contribution in [-0.2, 0) is 0 Å². The number of carboxylic acids is 1. The van der Waals surface area contributed by atoms with Crippen molar-refractivity contribution in [2.45, 2.75) is 0 Å². The van der Waals surface area contributed by atoms with E-state index in [1.807, 2.05) is 0 Å². The third kappa shape index (κ3) is 2.16. The molecule has 2 rings (SSSR count). The van der Waals surface area contributed by atoms with Gasteiger partial charge in [0.1, 0.15) is 5.82 Å². The van der Waals surface area contributed by atoms with Crippen LogP contribution in [0.2, 0.25) is 0 Å². The normalized spacial score (nSPS) is 10.5. The zero-order valence-corrected chi connectivity index (χ0v) is 9.02. The van der Waals surface area contributed by atoms with Gasteiger partial charge in [0.05, 0.1) is 5.56 Å². The summed E-state index contributed by atoms with van der Waals surface area (Å²) < 4.78 is 39.0. The molecule has 0 aliphatic heterocycles. The molecule has 0 bridgehead atoms. The number of benzene rings is 1. The molecule has 1 heterocycles. The van der Waals surface area contributed by atoms with E-state index < -0.39 is 23.4 Å². The van der Waals surface area contributed by atoms with Gasteiger partial charge < -0.3 is 5.11 Å². The third-order valence-electron chi connectivity index (χ3n) is 2.12. The Kier molecular flexibility index (Phi) is 2.89. The smallest absolute Gasteiger partial charge is 0.336 e. The van der Waals surface area contributed by atoms with Gasteiger partial charge in [-0.05, 0) is 12.1 Å². The summed E-state index contributed by atoms with van der Waals surface area (Å²) >= 11 is 0.950. The molecule has 0 aliphatic rings. The Morgan fingerprint density at radius 2 is 1.71 bits per heavy atom. The van der Waals surface area contributed by atoms with Gasteiger partial charge in [-0.15, -0.1) is 11.3 Å². The first-order valence-corrected chi connectivity index (χ1v) is 5.33. The molecule has 0 saturated carbocycles. The molecule has 2 aromatic rings. The zero-order valence-electron chi connectivity index (χ0n) is 8.21. The number of carbonyl (C=O) groups is 1. The van der Waals surface area contributed by atoms with Crippen molar-refractivity contribution >= 4 is 17.3 Å². The molecule has 6 heteroatoms. The van der Waals surface area contributed by atoms with Crippen molar-refractivity contribution < 1.29 is 23.1 Å². The summed E-state index contributed by atoms with van der Waals surface area (Å²) in [4.78, 5) is 10.9. The Hall–Kier alpha value is -1.82. The van der Waals surface area contributed by atoms with E-state index in [4.69, 9.17) is 5.11 Å². The van der Waals surface area contributed by atoms with Gasteiger partial charge in [0.25, 0.3) is 0 Å². The molecule has 0 spiro atoms. The second-order valence-electron chi connectivity index (χ2n) is 3.25. The van der Waals surface area contributed by atoms with Gasteiger partial charge in [-0.2, -0.15) is 0 Å². The van der Waals surface area contributed by atoms with E-state index in [0.29, 0.717) is 12.1 Å². The van der Waals surface area contributed by atoms with Crippen LogP contribution >= 0.6 is 11.3 Å². The standard InChI is InChI=1S/C11H5F3O2S/c12-7-3-9(14)8(13)2-6(7)10-1-5(4-17-10)11(15)16/h1-4H,(H,15,16). The summed E-state index contributed by atoms with van der Waals surface area (Å²) in [7, 11) is 0. The van der Waals surface area contributed by atoms with E-state index in [0.717, 1.165) is 11.3 Å². The second kappa shape index (κ2) is 4.21. The first kappa shape index (κ1) is 11.7. The van der Waals surface area contributed by atoms with Crippen molar-refractivity contribution in [2.24, 2.45) is 0 Å². The predicted molar refractivity (Wildman–Crippen MR) is 56.6 cm³/mol. The lowest BCUT2D eigenvalue weighted by atomic mass is 10.1. The number of hydrogen-bond donors (Lipinski definition) is 1. The van der Waals surface area contributed by atoms with E-state index in [9.17, 15) is 18.0 Å². The van der Waals surface area contributed by atoms with Crippen LogP contribution in [0.1, 0.15) is 10.4 Å². The predicted octanol–water partition coefficient (Wildman–Crippen LogP) is 3.53. The average Bonchev–Trinajstić information content (AvgIpc) is 2.72. The molecule has 2 nitrogen and oxygen atoms in total. The summed E-state index contributed by atoms with van der Waals surface area (Å²) in [5.41, 5.74) is -0.171. The van der Waals surface area contributed by atoms with Crippen molar-refractivity contribution in [1.29, 1.82) is 0 Å². The van der Waals surface area contributed by atoms with Crippen molar-refractivity contribution in [3.05, 3.63) is 46.6 Å². The Bertz CT molecular complexity index is 592. The molecule has 0 radical (unpaired) electrons. The lowest BCUT2D eigenvalue weighted by molar-refractivity contribution is 0.0697. The highest BCUT2D eigenvalue weighted by Gasteiger charge is 2.14. The lowest BCUT2D eigenvalue weighted by Crippen LogP contribution is -1.92. The zero-order chi connectivity index (χ0) is 12.6. The van der Waals surface area contributed by atoms with Crippen LogP contribution in [-0.4, -0.2) is 11.1 Å². The molecule has 88 valence electrons. The molecule has 17 heavy (non-hydrogen) atoms. The number of thiophene rings is 1. The van der Waals surface area contributed by atoms with E-state index in [1.54, 1.807) is 0 Å². The van der Waals surface area contributed by atoms with Crippen molar-refractivity contribution in [2.75, 3.05) is 0 Å². The van der Waals surface area contributed by atoms with Crippen molar-refractivity contribution in [1.82, 2.24) is 0 Å². The van der Waals surface area contributed by atoms with Crippen LogP contribution in [0, 0.1) is 17.5 Å². The summed E-state index contributed by atoms with van der Waals surface area (Å²) in [5.74, 6) is -4.54. The second-order valence-corrected chi connectivity index (χ2v) is 4.16. The molecule has 0 amide bonds. The SMILES string of the molecule is O=C(O)c1csc(-c2cc(F)c(F)cc2F)c1. The summed E-state index contributed by atoms with van der Waals surface area (Å²) in [5, 5.41) is 10.00. The van der Waals surface area contributed by atoms with Gasteiger partial charge in [-0.25, -0.2) is 18.0 Å². The first-order chi connectivity index (χ1) is 7.99. The van der Waals surface area contributed by atoms with Gasteiger partial charge in [-0.3, -0.25) is 0 Å². The highest BCUT2D eigenvalue weighted by atomic mass is 32.1. The monoisotopic (exact) mass is 258 g/mol. The van der Waals surface area contributed by atoms with Gasteiger partial charge in [0, 0.05) is 21.9 Å². The highest BCUT2D eigenvalue weighted by molar-refractivity contribution is 7.13. The fourth-order valence-electron chi connectivity index (χ4n) is 1.30. The maximum Gasteiger partial charge on any atom is 0.336 e. The quantitative estimate of drug-likeness (QED) is 0.837. The van der Waals surface area contributed by atoms with Crippen LogP contribution < -0.4 is 0 Å². The van der Waals surface area contributed by atoms with Crippen LogP contribution in [0.15, 0.2) is 23.6 Å². The van der Waals surface area contributed by atoms with Crippen LogP contribution in [0.3, 0.4) is 0 Å². The molecule has 0 atom stereocenters. The highest BCUT2D eigenvalue weighted by Crippen LogP contribution is 2.30. The van der Waals surface area contributed by atoms with Gasteiger partial charge in [-0.1, -0.05) is 0 Å². The number of hydrogen-bond acceptors (Lipinski definition) is 2. The topological polar surface area (TPSA) is 37.3 Å². The van der Waals surface area contributed by atoms with Gasteiger partial charge in [0.2, 0.25) is 0 Å². The fraction of sp³-hybridized carbons (Fsp3) is 0. The molecule has 0 unspecified atom stereocenters. The largest absolute Gasteiger partial charge is 0.478 e. The molecule has 0 fully saturated rings. The molecule has 1 aromatic heterocycles. The minimum atomic E-state index is -1.28. The number of halogens is 3. The van der Waals surface area contributed by atoms with E-state index in [2.05, 4.69) is 0 Å². The van der Waals surface area contributed by atoms with Gasteiger partial charge >= 0.3 is 5.97 Å². The molecular formula is C11H5F3O2S. The minimum absolute atomic E-state index is 0.0193. The molecule has 0 saturated heterocycles. The van der Waals surface area contributed by atoms with Crippen LogP contribution in [0.25, 0.3) is 10.4 Å². The maximum atomic E-state index is 13.4. The molecule has 1 N–H and O–H groups in total. The summed E-state index contributed by atoms with van der Waals surface area (Å²) in [6.45, 7) is 0. The first-order valence-electron chi connectivity index (χ1n) is 4.46. The van der Waals surface area contributed by atoms with E-state index in [1.165, 1.54) is 11.4 Å². The summed E-state index contributed by atoms with van der Waals surface area (Å²) in [6.07, 6.45) is 0. The Balaban J connectivity index is 2.52. The Morgan fingerprint density at radius 1 is 1.06 bits per heavy atom. The fourth-order valence-corrected chi connectivity index (χ4v) is 2.20. The molecule has 1 aromatic carbocycles. The maximum absolute atomic E-state index is 13.4. The lowest BCUT2D eigenvalue weighted by Gasteiger charge is -2.01. The Morgan fingerprint density at radius 3 is 2.29 bits per heavy atom. The number of carboxylic acid groups (broad SMARTS) is 1. The van der Waals surface area contributed by atoms with Crippen LogP contribution in [0.5, 0.6) is 0 Å². The minimum Gasteiger partial charge on any atom is -0.478 e. The molecule has 0 aliphatic carbocycles. The van der Waals surface area contributed by atoms with E-state index >= 15 is 0 Å². The van der Waals surface area contributed by atoms with E-state index in [-0.39, 0.29) is 16.0 Å². The van der Waals surface area contributed by atoms with Gasteiger partial charge in [0.15, 0.2) is 11.6 Å². The van der Waals surface area contributed by atoms with Crippen molar-refractivity contribution in [3.63, 3.8) is 0 Å². The van der Waals surface area contributed by atoms with Crippen molar-refractivity contribution in [3.8, 4) is 10.4 Å². The third-order valence-corrected chi connectivity index (χ3v) is 3.09. The van der Waals surface area contributed by atoms with Crippen LogP contribution in [0.4, 0.5) is 13.2 Å². The number of aromatic carboxylic acids is 1. The summed E-state index contributed by atoms with van der Waals surface area (Å²) in [6, 6.07) is 2.36.